The smallest absolute Gasteiger partial charge is 0.262 e. The summed E-state index contributed by atoms with van der Waals surface area (Å²) < 4.78 is 28.2. The number of aryl methyl sites for hydroxylation is 1. The lowest BCUT2D eigenvalue weighted by atomic mass is 10.1. The van der Waals surface area contributed by atoms with Crippen LogP contribution in [0.3, 0.4) is 0 Å². The van der Waals surface area contributed by atoms with Gasteiger partial charge in [0.25, 0.3) is 10.0 Å². The molecule has 0 aliphatic heterocycles. The Morgan fingerprint density at radius 1 is 1.20 bits per heavy atom. The Hall–Kier alpha value is -1.37. The van der Waals surface area contributed by atoms with E-state index in [1.54, 1.807) is 37.3 Å². The number of benzene rings is 2. The van der Waals surface area contributed by atoms with Crippen molar-refractivity contribution in [3.8, 4) is 0 Å². The van der Waals surface area contributed by atoms with Gasteiger partial charge in [-0.25, -0.2) is 8.42 Å². The van der Waals surface area contributed by atoms with Crippen molar-refractivity contribution >= 4 is 31.6 Å². The van der Waals surface area contributed by atoms with Gasteiger partial charge in [0.1, 0.15) is 0 Å². The van der Waals surface area contributed by atoms with Crippen LogP contribution in [0.15, 0.2) is 51.8 Å². The number of nitrogens with two attached hydrogens (primary N) is 1. The van der Waals surface area contributed by atoms with Gasteiger partial charge in [-0.05, 0) is 52.2 Å². The minimum atomic E-state index is -3.63. The SMILES string of the molecule is Cc1ccc(CN)cc1S(=O)(=O)Nc1ccccc1Br. The molecule has 0 atom stereocenters. The van der Waals surface area contributed by atoms with Crippen LogP contribution in [-0.2, 0) is 16.6 Å². The zero-order chi connectivity index (χ0) is 14.8. The van der Waals surface area contributed by atoms with Crippen LogP contribution in [-0.4, -0.2) is 8.42 Å². The topological polar surface area (TPSA) is 72.2 Å². The molecule has 6 heteroatoms. The van der Waals surface area contributed by atoms with Gasteiger partial charge in [0.2, 0.25) is 0 Å². The second-order valence-electron chi connectivity index (χ2n) is 4.39. The first-order valence-corrected chi connectivity index (χ1v) is 8.28. The number of anilines is 1. The summed E-state index contributed by atoms with van der Waals surface area (Å²) in [6.07, 6.45) is 0. The first-order chi connectivity index (χ1) is 9.44. The monoisotopic (exact) mass is 354 g/mol. The molecule has 20 heavy (non-hydrogen) atoms. The van der Waals surface area contributed by atoms with E-state index in [4.69, 9.17) is 5.73 Å². The number of para-hydroxylation sites is 1. The number of rotatable bonds is 4. The van der Waals surface area contributed by atoms with Gasteiger partial charge in [-0.15, -0.1) is 0 Å². The fraction of sp³-hybridized carbons (Fsp3) is 0.143. The second kappa shape index (κ2) is 5.95. The van der Waals surface area contributed by atoms with E-state index in [0.717, 1.165) is 5.56 Å². The van der Waals surface area contributed by atoms with E-state index in [1.807, 2.05) is 12.1 Å². The van der Waals surface area contributed by atoms with Crippen LogP contribution in [0.25, 0.3) is 0 Å². The number of halogens is 1. The highest BCUT2D eigenvalue weighted by Gasteiger charge is 2.18. The summed E-state index contributed by atoms with van der Waals surface area (Å²) in [7, 11) is -3.63. The molecule has 0 saturated carbocycles. The molecular formula is C14H15BrN2O2S. The van der Waals surface area contributed by atoms with Gasteiger partial charge in [0.15, 0.2) is 0 Å². The molecule has 2 rings (SSSR count). The maximum atomic E-state index is 12.5. The normalized spacial score (nSPS) is 11.3. The van der Waals surface area contributed by atoms with E-state index in [0.29, 0.717) is 22.3 Å². The van der Waals surface area contributed by atoms with Gasteiger partial charge < -0.3 is 5.73 Å². The van der Waals surface area contributed by atoms with Crippen molar-refractivity contribution in [2.24, 2.45) is 5.73 Å². The predicted octanol–water partition coefficient (Wildman–Crippen LogP) is 3.02. The fourth-order valence-corrected chi connectivity index (χ4v) is 3.70. The molecule has 2 aromatic carbocycles. The molecule has 0 aromatic heterocycles. The molecule has 0 bridgehead atoms. The summed E-state index contributed by atoms with van der Waals surface area (Å²) in [6.45, 7) is 2.06. The van der Waals surface area contributed by atoms with Crippen molar-refractivity contribution < 1.29 is 8.42 Å². The highest BCUT2D eigenvalue weighted by Crippen LogP contribution is 2.26. The lowest BCUT2D eigenvalue weighted by molar-refractivity contribution is 0.600. The Bertz CT molecular complexity index is 730. The fourth-order valence-electron chi connectivity index (χ4n) is 1.80. The molecule has 0 fully saturated rings. The van der Waals surface area contributed by atoms with E-state index in [1.165, 1.54) is 0 Å². The number of nitrogens with one attached hydrogen (secondary N) is 1. The van der Waals surface area contributed by atoms with Crippen LogP contribution in [0.5, 0.6) is 0 Å². The van der Waals surface area contributed by atoms with Crippen LogP contribution >= 0.6 is 15.9 Å². The van der Waals surface area contributed by atoms with Crippen LogP contribution < -0.4 is 10.5 Å². The van der Waals surface area contributed by atoms with Gasteiger partial charge in [0.05, 0.1) is 10.6 Å². The average Bonchev–Trinajstić information content (AvgIpc) is 2.41. The van der Waals surface area contributed by atoms with E-state index in [-0.39, 0.29) is 4.90 Å². The molecule has 3 N–H and O–H groups in total. The van der Waals surface area contributed by atoms with E-state index < -0.39 is 10.0 Å². The lowest BCUT2D eigenvalue weighted by Crippen LogP contribution is -2.15. The molecule has 0 aliphatic carbocycles. The van der Waals surface area contributed by atoms with E-state index >= 15 is 0 Å². The summed E-state index contributed by atoms with van der Waals surface area (Å²) >= 11 is 3.32. The van der Waals surface area contributed by atoms with E-state index in [2.05, 4.69) is 20.7 Å². The molecule has 2 aromatic rings. The standard InChI is InChI=1S/C14H15BrN2O2S/c1-10-6-7-11(9-16)8-14(10)20(18,19)17-13-5-3-2-4-12(13)15/h2-8,17H,9,16H2,1H3. The van der Waals surface area contributed by atoms with Crippen LogP contribution in [0.2, 0.25) is 0 Å². The molecule has 4 nitrogen and oxygen atoms in total. The van der Waals surface area contributed by atoms with Gasteiger partial charge in [-0.2, -0.15) is 0 Å². The summed E-state index contributed by atoms with van der Waals surface area (Å²) in [5, 5.41) is 0. The van der Waals surface area contributed by atoms with Crippen LogP contribution in [0, 0.1) is 6.92 Å². The first kappa shape index (κ1) is 15.0. The maximum Gasteiger partial charge on any atom is 0.262 e. The van der Waals surface area contributed by atoms with Crippen LogP contribution in [0.4, 0.5) is 5.69 Å². The summed E-state index contributed by atoms with van der Waals surface area (Å²) in [6, 6.07) is 12.3. The van der Waals surface area contributed by atoms with Crippen molar-refractivity contribution in [2.75, 3.05) is 4.72 Å². The third-order valence-corrected chi connectivity index (χ3v) is 5.09. The van der Waals surface area contributed by atoms with Crippen molar-refractivity contribution in [2.45, 2.75) is 18.4 Å². The summed E-state index contributed by atoms with van der Waals surface area (Å²) in [4.78, 5) is 0.246. The van der Waals surface area contributed by atoms with Gasteiger partial charge in [-0.3, -0.25) is 4.72 Å². The highest BCUT2D eigenvalue weighted by molar-refractivity contribution is 9.10. The maximum absolute atomic E-state index is 12.5. The van der Waals surface area contributed by atoms with Crippen molar-refractivity contribution in [3.63, 3.8) is 0 Å². The zero-order valence-electron chi connectivity index (χ0n) is 10.9. The molecule has 0 heterocycles. The molecular weight excluding hydrogens is 340 g/mol. The van der Waals surface area contributed by atoms with Gasteiger partial charge >= 0.3 is 0 Å². The minimum Gasteiger partial charge on any atom is -0.326 e. The summed E-state index contributed by atoms with van der Waals surface area (Å²) in [5.41, 5.74) is 7.53. The number of hydrogen-bond donors (Lipinski definition) is 2. The molecule has 0 aliphatic rings. The average molecular weight is 355 g/mol. The second-order valence-corrected chi connectivity index (χ2v) is 6.89. The number of sulfonamides is 1. The third kappa shape index (κ3) is 3.20. The lowest BCUT2D eigenvalue weighted by Gasteiger charge is -2.12. The number of hydrogen-bond acceptors (Lipinski definition) is 3. The Morgan fingerprint density at radius 3 is 2.55 bits per heavy atom. The Kier molecular flexibility index (Phi) is 4.47. The summed E-state index contributed by atoms with van der Waals surface area (Å²) in [5.74, 6) is 0. The third-order valence-electron chi connectivity index (χ3n) is 2.90. The Morgan fingerprint density at radius 2 is 1.90 bits per heavy atom. The zero-order valence-corrected chi connectivity index (χ0v) is 13.3. The van der Waals surface area contributed by atoms with E-state index in [9.17, 15) is 8.42 Å². The largest absolute Gasteiger partial charge is 0.326 e. The molecule has 0 amide bonds. The first-order valence-electron chi connectivity index (χ1n) is 6.01. The molecule has 106 valence electrons. The van der Waals surface area contributed by atoms with Gasteiger partial charge in [-0.1, -0.05) is 24.3 Å². The minimum absolute atomic E-state index is 0.246. The molecule has 0 unspecified atom stereocenters. The highest BCUT2D eigenvalue weighted by atomic mass is 79.9. The Balaban J connectivity index is 2.43. The van der Waals surface area contributed by atoms with Crippen molar-refractivity contribution in [1.29, 1.82) is 0 Å². The van der Waals surface area contributed by atoms with Crippen molar-refractivity contribution in [3.05, 3.63) is 58.1 Å². The molecule has 0 spiro atoms. The van der Waals surface area contributed by atoms with Crippen LogP contribution in [0.1, 0.15) is 11.1 Å². The van der Waals surface area contributed by atoms with Crippen molar-refractivity contribution in [1.82, 2.24) is 0 Å². The molecule has 0 radical (unpaired) electrons. The predicted molar refractivity (Wildman–Crippen MR) is 84.0 cm³/mol. The quantitative estimate of drug-likeness (QED) is 0.886. The van der Waals surface area contributed by atoms with Gasteiger partial charge in [0, 0.05) is 11.0 Å². The Labute approximate surface area is 127 Å². The molecule has 0 saturated heterocycles.